The summed E-state index contributed by atoms with van der Waals surface area (Å²) in [5, 5.41) is 15.1. The van der Waals surface area contributed by atoms with Gasteiger partial charge in [0.1, 0.15) is 11.5 Å². The average Bonchev–Trinajstić information content (AvgIpc) is 3.03. The number of nitrogens with zero attached hydrogens (tertiary/aromatic N) is 3. The van der Waals surface area contributed by atoms with Crippen LogP contribution in [0.25, 0.3) is 16.6 Å². The van der Waals surface area contributed by atoms with Gasteiger partial charge in [-0.15, -0.1) is 0 Å². The Kier molecular flexibility index (Phi) is 4.03. The van der Waals surface area contributed by atoms with Crippen molar-refractivity contribution in [2.24, 2.45) is 0 Å². The molecule has 0 fully saturated rings. The third-order valence-corrected chi connectivity index (χ3v) is 4.31. The van der Waals surface area contributed by atoms with Crippen LogP contribution in [-0.4, -0.2) is 25.8 Å². The summed E-state index contributed by atoms with van der Waals surface area (Å²) in [6, 6.07) is 9.37. The van der Waals surface area contributed by atoms with Gasteiger partial charge in [-0.3, -0.25) is 19.3 Å². The molecule has 8 nitrogen and oxygen atoms in total. The number of hydrogen-bond acceptors (Lipinski definition) is 5. The van der Waals surface area contributed by atoms with Crippen LogP contribution >= 0.6 is 0 Å². The van der Waals surface area contributed by atoms with E-state index in [1.165, 1.54) is 18.3 Å². The Bertz CT molecular complexity index is 1230. The Hall–Kier alpha value is -3.75. The first kappa shape index (κ1) is 16.7. The van der Waals surface area contributed by atoms with E-state index < -0.39 is 16.2 Å². The Morgan fingerprint density at radius 2 is 2.15 bits per heavy atom. The molecule has 3 aromatic heterocycles. The first-order chi connectivity index (χ1) is 13.0. The van der Waals surface area contributed by atoms with Gasteiger partial charge in [0.25, 0.3) is 0 Å². The number of benzene rings is 1. The minimum atomic E-state index is -0.740. The van der Waals surface area contributed by atoms with Crippen molar-refractivity contribution in [1.82, 2.24) is 14.4 Å². The molecule has 9 heteroatoms. The number of nitro groups is 1. The highest BCUT2D eigenvalue weighted by Crippen LogP contribution is 2.21. The van der Waals surface area contributed by atoms with Gasteiger partial charge in [0.2, 0.25) is 5.82 Å². The second kappa shape index (κ2) is 6.52. The summed E-state index contributed by atoms with van der Waals surface area (Å²) in [6.45, 7) is 0.320. The van der Waals surface area contributed by atoms with E-state index in [4.69, 9.17) is 0 Å². The molecule has 4 rings (SSSR count). The standard InChI is InChI=1S/C18H14FN5O3/c19-12-4-5-13-11(10-21-14(13)9-12)6-7-20-17-16(24(26)27)18(25)23-8-2-1-3-15(23)22-17/h1-5,8-10,20-21H,6-7H2. The lowest BCUT2D eigenvalue weighted by Crippen LogP contribution is -2.21. The van der Waals surface area contributed by atoms with Crippen molar-refractivity contribution in [3.05, 3.63) is 80.6 Å². The van der Waals surface area contributed by atoms with Crippen LogP contribution in [0.1, 0.15) is 5.56 Å². The van der Waals surface area contributed by atoms with Crippen molar-refractivity contribution in [3.63, 3.8) is 0 Å². The quantitative estimate of drug-likeness (QED) is 0.417. The van der Waals surface area contributed by atoms with Gasteiger partial charge >= 0.3 is 11.2 Å². The van der Waals surface area contributed by atoms with Gasteiger partial charge in [0.15, 0.2) is 0 Å². The zero-order chi connectivity index (χ0) is 19.0. The van der Waals surface area contributed by atoms with Crippen molar-refractivity contribution in [3.8, 4) is 0 Å². The molecule has 3 heterocycles. The molecular weight excluding hydrogens is 353 g/mol. The largest absolute Gasteiger partial charge is 0.376 e. The van der Waals surface area contributed by atoms with Gasteiger partial charge in [0, 0.05) is 29.8 Å². The molecule has 0 aliphatic rings. The fraction of sp³-hybridized carbons (Fsp3) is 0.111. The molecule has 0 saturated heterocycles. The molecule has 0 bridgehead atoms. The number of halogens is 1. The van der Waals surface area contributed by atoms with Crippen LogP contribution in [0, 0.1) is 15.9 Å². The van der Waals surface area contributed by atoms with Gasteiger partial charge in [-0.25, -0.2) is 9.37 Å². The summed E-state index contributed by atoms with van der Waals surface area (Å²) in [6.07, 6.45) is 3.72. The average molecular weight is 367 g/mol. The maximum absolute atomic E-state index is 13.3. The molecule has 4 aromatic rings. The van der Waals surface area contributed by atoms with E-state index in [1.807, 2.05) is 0 Å². The summed E-state index contributed by atoms with van der Waals surface area (Å²) in [5.41, 5.74) is 0.587. The first-order valence-corrected chi connectivity index (χ1v) is 8.20. The minimum absolute atomic E-state index is 0.0675. The van der Waals surface area contributed by atoms with E-state index in [-0.39, 0.29) is 11.6 Å². The first-order valence-electron chi connectivity index (χ1n) is 8.20. The number of anilines is 1. The van der Waals surface area contributed by atoms with Crippen molar-refractivity contribution in [2.75, 3.05) is 11.9 Å². The third kappa shape index (κ3) is 2.99. The Labute approximate surface area is 151 Å². The van der Waals surface area contributed by atoms with E-state index >= 15 is 0 Å². The van der Waals surface area contributed by atoms with Crippen molar-refractivity contribution in [1.29, 1.82) is 0 Å². The molecule has 1 aromatic carbocycles. The number of H-pyrrole nitrogens is 1. The molecule has 0 amide bonds. The lowest BCUT2D eigenvalue weighted by atomic mass is 10.1. The predicted octanol–water partition coefficient (Wildman–Crippen LogP) is 2.88. The molecule has 0 unspecified atom stereocenters. The molecule has 0 atom stereocenters. The lowest BCUT2D eigenvalue weighted by Gasteiger charge is -2.07. The Morgan fingerprint density at radius 3 is 2.96 bits per heavy atom. The van der Waals surface area contributed by atoms with Crippen LogP contribution in [0.15, 0.2) is 53.6 Å². The van der Waals surface area contributed by atoms with Crippen molar-refractivity contribution in [2.45, 2.75) is 6.42 Å². The van der Waals surface area contributed by atoms with Gasteiger partial charge in [-0.1, -0.05) is 6.07 Å². The number of aromatic amines is 1. The second-order valence-corrected chi connectivity index (χ2v) is 5.98. The van der Waals surface area contributed by atoms with Gasteiger partial charge < -0.3 is 10.3 Å². The highest BCUT2D eigenvalue weighted by molar-refractivity contribution is 5.83. The lowest BCUT2D eigenvalue weighted by molar-refractivity contribution is -0.385. The third-order valence-electron chi connectivity index (χ3n) is 4.31. The highest BCUT2D eigenvalue weighted by atomic mass is 19.1. The molecule has 27 heavy (non-hydrogen) atoms. The van der Waals surface area contributed by atoms with Gasteiger partial charge in [-0.05, 0) is 42.3 Å². The number of nitrogens with one attached hydrogen (secondary N) is 2. The molecule has 0 spiro atoms. The van der Waals surface area contributed by atoms with Crippen LogP contribution < -0.4 is 10.9 Å². The molecule has 0 aliphatic carbocycles. The molecular formula is C18H14FN5O3. The second-order valence-electron chi connectivity index (χ2n) is 5.98. The minimum Gasteiger partial charge on any atom is -0.364 e. The summed E-state index contributed by atoms with van der Waals surface area (Å²) >= 11 is 0. The Morgan fingerprint density at radius 1 is 1.30 bits per heavy atom. The van der Waals surface area contributed by atoms with Crippen LogP contribution in [0.4, 0.5) is 15.9 Å². The fourth-order valence-corrected chi connectivity index (χ4v) is 3.05. The number of pyridine rings is 1. The monoisotopic (exact) mass is 367 g/mol. The summed E-state index contributed by atoms with van der Waals surface area (Å²) < 4.78 is 14.4. The van der Waals surface area contributed by atoms with E-state index in [2.05, 4.69) is 15.3 Å². The Balaban J connectivity index is 1.62. The van der Waals surface area contributed by atoms with Crippen LogP contribution in [0.2, 0.25) is 0 Å². The van der Waals surface area contributed by atoms with Crippen LogP contribution in [0.5, 0.6) is 0 Å². The summed E-state index contributed by atoms with van der Waals surface area (Å²) in [7, 11) is 0. The van der Waals surface area contributed by atoms with Crippen molar-refractivity contribution >= 4 is 28.1 Å². The molecule has 0 saturated carbocycles. The van der Waals surface area contributed by atoms with Crippen LogP contribution in [-0.2, 0) is 6.42 Å². The SMILES string of the molecule is O=c1c([N+](=O)[O-])c(NCCc2c[nH]c3cc(F)ccc23)nc2ccccn12. The molecule has 0 aliphatic heterocycles. The number of aromatic nitrogens is 3. The molecule has 0 radical (unpaired) electrons. The van der Waals surface area contributed by atoms with E-state index in [9.17, 15) is 19.3 Å². The maximum atomic E-state index is 13.3. The smallest absolute Gasteiger partial charge is 0.364 e. The van der Waals surface area contributed by atoms with Crippen molar-refractivity contribution < 1.29 is 9.31 Å². The predicted molar refractivity (Wildman–Crippen MR) is 98.6 cm³/mol. The van der Waals surface area contributed by atoms with Crippen LogP contribution in [0.3, 0.4) is 0 Å². The normalized spacial score (nSPS) is 11.1. The maximum Gasteiger partial charge on any atom is 0.376 e. The summed E-state index contributed by atoms with van der Waals surface area (Å²) in [4.78, 5) is 30.2. The zero-order valence-corrected chi connectivity index (χ0v) is 14.0. The highest BCUT2D eigenvalue weighted by Gasteiger charge is 2.23. The van der Waals surface area contributed by atoms with E-state index in [0.717, 1.165) is 15.4 Å². The molecule has 136 valence electrons. The van der Waals surface area contributed by atoms with Gasteiger partial charge in [-0.2, -0.15) is 0 Å². The fourth-order valence-electron chi connectivity index (χ4n) is 3.05. The topological polar surface area (TPSA) is 105 Å². The van der Waals surface area contributed by atoms with E-state index in [0.29, 0.717) is 24.1 Å². The summed E-state index contributed by atoms with van der Waals surface area (Å²) in [5.74, 6) is -0.396. The number of fused-ring (bicyclic) bond motifs is 2. The van der Waals surface area contributed by atoms with Gasteiger partial charge in [0.05, 0.1) is 4.92 Å². The van der Waals surface area contributed by atoms with E-state index in [1.54, 1.807) is 30.5 Å². The number of rotatable bonds is 5. The zero-order valence-electron chi connectivity index (χ0n) is 14.0. The number of hydrogen-bond donors (Lipinski definition) is 2. The molecule has 2 N–H and O–H groups in total.